The predicted molar refractivity (Wildman–Crippen MR) is 112 cm³/mol. The Morgan fingerprint density at radius 1 is 1.14 bits per heavy atom. The fourth-order valence-electron chi connectivity index (χ4n) is 3.69. The van der Waals surface area contributed by atoms with Crippen LogP contribution in [-0.4, -0.2) is 38.3 Å². The summed E-state index contributed by atoms with van der Waals surface area (Å²) in [6.07, 6.45) is 5.12. The molecule has 1 aliphatic heterocycles. The fourth-order valence-corrected chi connectivity index (χ4v) is 3.69. The van der Waals surface area contributed by atoms with Gasteiger partial charge in [0.2, 0.25) is 5.91 Å². The van der Waals surface area contributed by atoms with E-state index in [1.807, 2.05) is 38.1 Å². The molecule has 0 spiro atoms. The van der Waals surface area contributed by atoms with E-state index in [9.17, 15) is 9.59 Å². The number of hydrogen-bond donors (Lipinski definition) is 1. The van der Waals surface area contributed by atoms with Gasteiger partial charge in [-0.05, 0) is 63.0 Å². The van der Waals surface area contributed by atoms with E-state index in [2.05, 4.69) is 20.2 Å². The number of aryl methyl sites for hydroxylation is 2. The molecule has 0 aliphatic carbocycles. The van der Waals surface area contributed by atoms with Crippen LogP contribution in [0.2, 0.25) is 0 Å². The maximum absolute atomic E-state index is 12.5. The summed E-state index contributed by atoms with van der Waals surface area (Å²) in [4.78, 5) is 36.0. The molecule has 3 aromatic rings. The molecule has 0 bridgehead atoms. The number of carbonyl (C=O) groups is 1. The number of nitrogens with zero attached hydrogens (tertiary/aromatic N) is 4. The molecule has 1 amide bonds. The van der Waals surface area contributed by atoms with Gasteiger partial charge in [0.15, 0.2) is 0 Å². The average Bonchev–Trinajstić information content (AvgIpc) is 2.71. The highest BCUT2D eigenvalue weighted by molar-refractivity contribution is 5.91. The highest BCUT2D eigenvalue weighted by Crippen LogP contribution is 2.20. The van der Waals surface area contributed by atoms with Gasteiger partial charge in [-0.25, -0.2) is 9.97 Å². The maximum atomic E-state index is 12.5. The molecule has 29 heavy (non-hydrogen) atoms. The molecule has 0 radical (unpaired) electrons. The third kappa shape index (κ3) is 4.51. The quantitative estimate of drug-likeness (QED) is 0.739. The van der Waals surface area contributed by atoms with Gasteiger partial charge in [0.1, 0.15) is 11.5 Å². The molecule has 1 N–H and O–H groups in total. The van der Waals surface area contributed by atoms with E-state index < -0.39 is 0 Å². The largest absolute Gasteiger partial charge is 0.310 e. The summed E-state index contributed by atoms with van der Waals surface area (Å²) < 4.78 is 1.58. The second-order valence-corrected chi connectivity index (χ2v) is 7.78. The van der Waals surface area contributed by atoms with E-state index in [-0.39, 0.29) is 17.4 Å². The van der Waals surface area contributed by atoms with Crippen molar-refractivity contribution in [2.45, 2.75) is 33.2 Å². The Balaban J connectivity index is 1.35. The van der Waals surface area contributed by atoms with Crippen molar-refractivity contribution in [1.29, 1.82) is 0 Å². The number of rotatable bonds is 4. The van der Waals surface area contributed by atoms with Crippen molar-refractivity contribution < 1.29 is 4.79 Å². The number of likely N-dealkylation sites (tertiary alicyclic amines) is 1. The Labute approximate surface area is 169 Å². The van der Waals surface area contributed by atoms with Crippen molar-refractivity contribution in [2.24, 2.45) is 5.92 Å². The van der Waals surface area contributed by atoms with Crippen molar-refractivity contribution in [3.8, 4) is 0 Å². The first-order valence-electron chi connectivity index (χ1n) is 9.93. The Hall–Kier alpha value is -3.06. The summed E-state index contributed by atoms with van der Waals surface area (Å²) in [7, 11) is 0. The SMILES string of the molecule is Cc1ccc(NC(=O)C2CCN(Cc3cc(=O)n4cc(C)ccc4n3)CC2)nc1. The van der Waals surface area contributed by atoms with Crippen LogP contribution in [0.15, 0.2) is 47.5 Å². The fraction of sp³-hybridized carbons (Fsp3) is 0.364. The molecule has 3 aromatic heterocycles. The normalized spacial score (nSPS) is 15.5. The highest BCUT2D eigenvalue weighted by atomic mass is 16.2. The van der Waals surface area contributed by atoms with Gasteiger partial charge in [0.05, 0.1) is 5.69 Å². The van der Waals surface area contributed by atoms with Crippen molar-refractivity contribution in [3.63, 3.8) is 0 Å². The third-order valence-electron chi connectivity index (χ3n) is 5.37. The number of hydrogen-bond acceptors (Lipinski definition) is 5. The molecule has 4 heterocycles. The minimum atomic E-state index is -0.0615. The molecule has 1 aliphatic rings. The standard InChI is InChI=1S/C22H25N5O2/c1-15-3-5-19(23-12-15)25-22(29)17-7-9-26(10-8-17)14-18-11-21(28)27-13-16(2)4-6-20(27)24-18/h3-6,11-13,17H,7-10,14H2,1-2H3,(H,23,25,29). The van der Waals surface area contributed by atoms with Gasteiger partial charge in [-0.1, -0.05) is 12.1 Å². The van der Waals surface area contributed by atoms with Gasteiger partial charge in [-0.3, -0.25) is 18.9 Å². The molecule has 7 heteroatoms. The molecule has 0 aromatic carbocycles. The van der Waals surface area contributed by atoms with Crippen LogP contribution in [0.3, 0.4) is 0 Å². The van der Waals surface area contributed by atoms with E-state index in [0.717, 1.165) is 42.8 Å². The van der Waals surface area contributed by atoms with Crippen LogP contribution in [0.4, 0.5) is 5.82 Å². The number of fused-ring (bicyclic) bond motifs is 1. The maximum Gasteiger partial charge on any atom is 0.258 e. The molecule has 0 unspecified atom stereocenters. The number of pyridine rings is 2. The van der Waals surface area contributed by atoms with Gasteiger partial charge in [-0.15, -0.1) is 0 Å². The zero-order valence-corrected chi connectivity index (χ0v) is 16.8. The zero-order valence-electron chi connectivity index (χ0n) is 16.8. The minimum absolute atomic E-state index is 0.0208. The van der Waals surface area contributed by atoms with Crippen molar-refractivity contribution in [3.05, 3.63) is 69.9 Å². The topological polar surface area (TPSA) is 79.6 Å². The van der Waals surface area contributed by atoms with Crippen LogP contribution in [0.5, 0.6) is 0 Å². The van der Waals surface area contributed by atoms with Gasteiger partial charge >= 0.3 is 0 Å². The van der Waals surface area contributed by atoms with Crippen LogP contribution in [0.25, 0.3) is 5.65 Å². The van der Waals surface area contributed by atoms with Crippen molar-refractivity contribution in [1.82, 2.24) is 19.3 Å². The second-order valence-electron chi connectivity index (χ2n) is 7.78. The van der Waals surface area contributed by atoms with Crippen LogP contribution in [-0.2, 0) is 11.3 Å². The lowest BCUT2D eigenvalue weighted by atomic mass is 9.96. The first kappa shape index (κ1) is 19.3. The Kier molecular flexibility index (Phi) is 5.40. The highest BCUT2D eigenvalue weighted by Gasteiger charge is 2.25. The number of piperidine rings is 1. The summed E-state index contributed by atoms with van der Waals surface area (Å²) in [5.74, 6) is 0.602. The molecule has 150 valence electrons. The molecule has 0 saturated carbocycles. The van der Waals surface area contributed by atoms with E-state index in [4.69, 9.17) is 0 Å². The Morgan fingerprint density at radius 2 is 1.90 bits per heavy atom. The molecule has 1 saturated heterocycles. The number of aromatic nitrogens is 3. The van der Waals surface area contributed by atoms with Gasteiger partial charge in [0, 0.05) is 30.9 Å². The average molecular weight is 391 g/mol. The zero-order chi connectivity index (χ0) is 20.4. The van der Waals surface area contributed by atoms with Gasteiger partial charge < -0.3 is 5.32 Å². The summed E-state index contributed by atoms with van der Waals surface area (Å²) in [5.41, 5.74) is 3.46. The lowest BCUT2D eigenvalue weighted by Gasteiger charge is -2.30. The van der Waals surface area contributed by atoms with E-state index in [1.165, 1.54) is 0 Å². The molecule has 7 nitrogen and oxygen atoms in total. The minimum Gasteiger partial charge on any atom is -0.310 e. The van der Waals surface area contributed by atoms with Crippen LogP contribution >= 0.6 is 0 Å². The molecular weight excluding hydrogens is 366 g/mol. The van der Waals surface area contributed by atoms with Crippen molar-refractivity contribution in [2.75, 3.05) is 18.4 Å². The molecule has 1 fully saturated rings. The Bertz CT molecular complexity index is 1080. The summed E-state index contributed by atoms with van der Waals surface area (Å²) in [6.45, 7) is 6.14. The smallest absolute Gasteiger partial charge is 0.258 e. The lowest BCUT2D eigenvalue weighted by molar-refractivity contribution is -0.121. The first-order valence-corrected chi connectivity index (χ1v) is 9.93. The molecular formula is C22H25N5O2. The predicted octanol–water partition coefficient (Wildman–Crippen LogP) is 2.56. The second kappa shape index (κ2) is 8.13. The lowest BCUT2D eigenvalue weighted by Crippen LogP contribution is -2.38. The van der Waals surface area contributed by atoms with Gasteiger partial charge in [0.25, 0.3) is 5.56 Å². The van der Waals surface area contributed by atoms with Gasteiger partial charge in [-0.2, -0.15) is 0 Å². The van der Waals surface area contributed by atoms with Crippen molar-refractivity contribution >= 4 is 17.4 Å². The summed E-state index contributed by atoms with van der Waals surface area (Å²) >= 11 is 0. The van der Waals surface area contributed by atoms with Crippen LogP contribution in [0.1, 0.15) is 29.7 Å². The van der Waals surface area contributed by atoms with Crippen LogP contribution in [0, 0.1) is 19.8 Å². The summed E-state index contributed by atoms with van der Waals surface area (Å²) in [5, 5.41) is 2.91. The van der Waals surface area contributed by atoms with Crippen LogP contribution < -0.4 is 10.9 Å². The van der Waals surface area contributed by atoms with E-state index in [0.29, 0.717) is 18.0 Å². The monoisotopic (exact) mass is 391 g/mol. The third-order valence-corrected chi connectivity index (χ3v) is 5.37. The number of amides is 1. The summed E-state index contributed by atoms with van der Waals surface area (Å²) in [6, 6.07) is 9.20. The number of carbonyl (C=O) groups excluding carboxylic acids is 1. The number of nitrogens with one attached hydrogen (secondary N) is 1. The molecule has 4 rings (SSSR count). The molecule has 0 atom stereocenters. The van der Waals surface area contributed by atoms with E-state index in [1.54, 1.807) is 22.9 Å². The van der Waals surface area contributed by atoms with E-state index >= 15 is 0 Å². The number of anilines is 1. The Morgan fingerprint density at radius 3 is 2.62 bits per heavy atom. The first-order chi connectivity index (χ1) is 14.0.